The summed E-state index contributed by atoms with van der Waals surface area (Å²) in [5.74, 6) is -3.02. The number of rotatable bonds is 10. The molecule has 0 aliphatic rings. The fraction of sp³-hybridized carbons (Fsp3) is 0.318. The molecule has 0 spiro atoms. The Morgan fingerprint density at radius 3 is 2.35 bits per heavy atom. The van der Waals surface area contributed by atoms with Crippen LogP contribution >= 0.6 is 0 Å². The Bertz CT molecular complexity index is 1050. The summed E-state index contributed by atoms with van der Waals surface area (Å²) >= 11 is 0. The number of aryl methyl sites for hydroxylation is 1. The highest BCUT2D eigenvalue weighted by Gasteiger charge is 2.15. The topological polar surface area (TPSA) is 75.3 Å². The molecule has 0 aromatic heterocycles. The molecule has 0 radical (unpaired) electrons. The van der Waals surface area contributed by atoms with E-state index in [4.69, 9.17) is 0 Å². The molecule has 9 heteroatoms. The molecule has 1 amide bonds. The van der Waals surface area contributed by atoms with E-state index in [1.165, 1.54) is 18.2 Å². The van der Waals surface area contributed by atoms with Crippen molar-refractivity contribution in [2.45, 2.75) is 39.2 Å². The maximum absolute atomic E-state index is 14.0. The monoisotopic (exact) mass is 454 g/mol. The molecule has 31 heavy (non-hydrogen) atoms. The summed E-state index contributed by atoms with van der Waals surface area (Å²) in [6, 6.07) is 6.24. The molecule has 0 heterocycles. The lowest BCUT2D eigenvalue weighted by atomic mass is 10.0. The zero-order chi connectivity index (χ0) is 23.0. The Labute approximate surface area is 180 Å². The van der Waals surface area contributed by atoms with Crippen molar-refractivity contribution in [1.29, 1.82) is 0 Å². The predicted molar refractivity (Wildman–Crippen MR) is 115 cm³/mol. The molecule has 2 rings (SSSR count). The van der Waals surface area contributed by atoms with Crippen LogP contribution < -0.4 is 10.0 Å². The minimum absolute atomic E-state index is 0.123. The second kappa shape index (κ2) is 11.0. The standard InChI is InChI=1S/C22H25F3N2O3S/c1-3-4-5-6-17-13-18(23)9-7-16(17)8-10-21(28)26-14-15-11-19(24)22(20(25)12-15)27-31(2,29)30/h7-13,27H,3-6,14H2,1-2H3,(H,26,28)/b10-8+. The molecule has 2 N–H and O–H groups in total. The van der Waals surface area contributed by atoms with Crippen LogP contribution in [0.2, 0.25) is 0 Å². The normalized spacial score (nSPS) is 11.6. The molecule has 0 bridgehead atoms. The quantitative estimate of drug-likeness (QED) is 0.409. The molecule has 0 unspecified atom stereocenters. The molecule has 0 aliphatic carbocycles. The lowest BCUT2D eigenvalue weighted by molar-refractivity contribution is -0.116. The van der Waals surface area contributed by atoms with E-state index in [-0.39, 0.29) is 17.9 Å². The third-order valence-electron chi connectivity index (χ3n) is 4.43. The van der Waals surface area contributed by atoms with Gasteiger partial charge in [0.1, 0.15) is 11.5 Å². The minimum atomic E-state index is -3.84. The average Bonchev–Trinajstić information content (AvgIpc) is 2.68. The predicted octanol–water partition coefficient (Wildman–Crippen LogP) is 4.54. The van der Waals surface area contributed by atoms with E-state index < -0.39 is 33.3 Å². The Balaban J connectivity index is 2.03. The van der Waals surface area contributed by atoms with Crippen LogP contribution in [0.1, 0.15) is 42.9 Å². The fourth-order valence-corrected chi connectivity index (χ4v) is 3.51. The van der Waals surface area contributed by atoms with Crippen molar-refractivity contribution in [2.75, 3.05) is 11.0 Å². The first-order chi connectivity index (χ1) is 14.6. The highest BCUT2D eigenvalue weighted by molar-refractivity contribution is 7.92. The number of carbonyl (C=O) groups excluding carboxylic acids is 1. The zero-order valence-corrected chi connectivity index (χ0v) is 18.2. The van der Waals surface area contributed by atoms with Gasteiger partial charge in [0.15, 0.2) is 11.6 Å². The van der Waals surface area contributed by atoms with Crippen molar-refractivity contribution in [2.24, 2.45) is 0 Å². The number of benzene rings is 2. The van der Waals surface area contributed by atoms with Crippen molar-refractivity contribution < 1.29 is 26.4 Å². The van der Waals surface area contributed by atoms with Crippen LogP contribution in [0.4, 0.5) is 18.9 Å². The average molecular weight is 455 g/mol. The first-order valence-electron chi connectivity index (χ1n) is 9.79. The van der Waals surface area contributed by atoms with Gasteiger partial charge in [-0.05, 0) is 59.9 Å². The maximum Gasteiger partial charge on any atom is 0.244 e. The van der Waals surface area contributed by atoms with Crippen LogP contribution in [0.15, 0.2) is 36.4 Å². The number of sulfonamides is 1. The molecule has 0 atom stereocenters. The van der Waals surface area contributed by atoms with Crippen LogP contribution in [0.5, 0.6) is 0 Å². The van der Waals surface area contributed by atoms with Gasteiger partial charge in [-0.2, -0.15) is 0 Å². The summed E-state index contributed by atoms with van der Waals surface area (Å²) in [5, 5.41) is 2.50. The number of anilines is 1. The Morgan fingerprint density at radius 2 is 1.74 bits per heavy atom. The summed E-state index contributed by atoms with van der Waals surface area (Å²) in [7, 11) is -3.84. The van der Waals surface area contributed by atoms with E-state index in [9.17, 15) is 26.4 Å². The second-order valence-electron chi connectivity index (χ2n) is 7.16. The van der Waals surface area contributed by atoms with Gasteiger partial charge >= 0.3 is 0 Å². The highest BCUT2D eigenvalue weighted by atomic mass is 32.2. The van der Waals surface area contributed by atoms with Crippen LogP contribution in [-0.2, 0) is 27.8 Å². The summed E-state index contributed by atoms with van der Waals surface area (Å²) in [4.78, 5) is 12.1. The number of amides is 1. The van der Waals surface area contributed by atoms with E-state index in [1.807, 2.05) is 0 Å². The number of halogens is 3. The van der Waals surface area contributed by atoms with Gasteiger partial charge in [-0.3, -0.25) is 9.52 Å². The van der Waals surface area contributed by atoms with Crippen molar-refractivity contribution in [3.8, 4) is 0 Å². The lowest BCUT2D eigenvalue weighted by Gasteiger charge is -2.10. The van der Waals surface area contributed by atoms with E-state index >= 15 is 0 Å². The molecular formula is C22H25F3N2O3S. The molecule has 0 saturated heterocycles. The van der Waals surface area contributed by atoms with Gasteiger partial charge in [-0.1, -0.05) is 25.8 Å². The SMILES string of the molecule is CCCCCc1cc(F)ccc1/C=C/C(=O)NCc1cc(F)c(NS(C)(=O)=O)c(F)c1. The number of unbranched alkanes of at least 4 members (excludes halogenated alkanes) is 2. The van der Waals surface area contributed by atoms with Gasteiger partial charge in [0.2, 0.25) is 15.9 Å². The van der Waals surface area contributed by atoms with E-state index in [2.05, 4.69) is 12.2 Å². The van der Waals surface area contributed by atoms with Crippen molar-refractivity contribution in [3.05, 3.63) is 70.5 Å². The number of hydrogen-bond donors (Lipinski definition) is 2. The van der Waals surface area contributed by atoms with E-state index in [0.29, 0.717) is 6.42 Å². The molecule has 2 aromatic rings. The number of carbonyl (C=O) groups is 1. The third-order valence-corrected chi connectivity index (χ3v) is 5.00. The summed E-state index contributed by atoms with van der Waals surface area (Å²) in [6.45, 7) is 1.91. The van der Waals surface area contributed by atoms with Crippen molar-refractivity contribution in [3.63, 3.8) is 0 Å². The van der Waals surface area contributed by atoms with Gasteiger partial charge in [-0.15, -0.1) is 0 Å². The van der Waals surface area contributed by atoms with E-state index in [0.717, 1.165) is 48.8 Å². The van der Waals surface area contributed by atoms with Crippen molar-refractivity contribution in [1.82, 2.24) is 5.32 Å². The first-order valence-corrected chi connectivity index (χ1v) is 11.7. The Morgan fingerprint density at radius 1 is 1.06 bits per heavy atom. The fourth-order valence-electron chi connectivity index (χ4n) is 2.94. The van der Waals surface area contributed by atoms with Crippen LogP contribution in [0.25, 0.3) is 6.08 Å². The van der Waals surface area contributed by atoms with Gasteiger partial charge in [0.05, 0.1) is 6.26 Å². The highest BCUT2D eigenvalue weighted by Crippen LogP contribution is 2.22. The first kappa shape index (κ1) is 24.5. The molecular weight excluding hydrogens is 429 g/mol. The van der Waals surface area contributed by atoms with Gasteiger partial charge in [0, 0.05) is 12.6 Å². The lowest BCUT2D eigenvalue weighted by Crippen LogP contribution is -2.21. The second-order valence-corrected chi connectivity index (χ2v) is 8.91. The molecule has 5 nitrogen and oxygen atoms in total. The molecule has 0 aliphatic heterocycles. The molecule has 168 valence electrons. The van der Waals surface area contributed by atoms with Gasteiger partial charge < -0.3 is 5.32 Å². The maximum atomic E-state index is 14.0. The van der Waals surface area contributed by atoms with Crippen LogP contribution in [-0.4, -0.2) is 20.6 Å². The molecule has 0 saturated carbocycles. The molecule has 2 aromatic carbocycles. The van der Waals surface area contributed by atoms with Gasteiger partial charge in [-0.25, -0.2) is 21.6 Å². The number of hydrogen-bond acceptors (Lipinski definition) is 3. The minimum Gasteiger partial charge on any atom is -0.348 e. The zero-order valence-electron chi connectivity index (χ0n) is 17.3. The largest absolute Gasteiger partial charge is 0.348 e. The van der Waals surface area contributed by atoms with Crippen LogP contribution in [0.3, 0.4) is 0 Å². The third kappa shape index (κ3) is 8.09. The molecule has 0 fully saturated rings. The van der Waals surface area contributed by atoms with Gasteiger partial charge in [0.25, 0.3) is 0 Å². The Kier molecular flexibility index (Phi) is 8.67. The number of nitrogens with one attached hydrogen (secondary N) is 2. The smallest absolute Gasteiger partial charge is 0.244 e. The summed E-state index contributed by atoms with van der Waals surface area (Å²) < 4.78 is 65.7. The Hall–Kier alpha value is -2.81. The van der Waals surface area contributed by atoms with E-state index in [1.54, 1.807) is 16.9 Å². The van der Waals surface area contributed by atoms with Crippen molar-refractivity contribution >= 4 is 27.7 Å². The van der Waals surface area contributed by atoms with Crippen LogP contribution in [0, 0.1) is 17.5 Å². The summed E-state index contributed by atoms with van der Waals surface area (Å²) in [6.07, 6.45) is 7.27. The summed E-state index contributed by atoms with van der Waals surface area (Å²) in [5.41, 5.74) is 0.874.